The number of nitrogens with zero attached hydrogens (tertiary/aromatic N) is 1. The first-order chi connectivity index (χ1) is 8.19. The minimum atomic E-state index is -0.359. The number of hydrogen-bond donors (Lipinski definition) is 3. The van der Waals surface area contributed by atoms with Gasteiger partial charge in [0.15, 0.2) is 0 Å². The van der Waals surface area contributed by atoms with Crippen molar-refractivity contribution >= 4 is 36.2 Å². The fraction of sp³-hybridized carbons (Fsp3) is 0.250. The number of methoxy groups -OCH3 is 1. The van der Waals surface area contributed by atoms with E-state index < -0.39 is 0 Å². The molecule has 0 amide bonds. The summed E-state index contributed by atoms with van der Waals surface area (Å²) in [6, 6.07) is 7.96. The van der Waals surface area contributed by atoms with E-state index in [-0.39, 0.29) is 10.5 Å². The van der Waals surface area contributed by atoms with Crippen molar-refractivity contribution in [1.29, 1.82) is 5.26 Å². The molecule has 0 spiro atoms. The van der Waals surface area contributed by atoms with E-state index in [1.54, 1.807) is 7.11 Å². The number of thiol groups is 2. The summed E-state index contributed by atoms with van der Waals surface area (Å²) in [7, 11) is 1.62. The molecule has 88 valence electrons. The lowest BCUT2D eigenvalue weighted by Gasteiger charge is -2.10. The number of hydrogen-bond acceptors (Lipinski definition) is 4. The maximum Gasteiger partial charge on any atom is 0.142 e. The van der Waals surface area contributed by atoms with Gasteiger partial charge in [-0.1, -0.05) is 12.1 Å². The summed E-state index contributed by atoms with van der Waals surface area (Å²) in [4.78, 5) is 3.13. The Labute approximate surface area is 111 Å². The summed E-state index contributed by atoms with van der Waals surface area (Å²) >= 11 is 8.46. The van der Waals surface area contributed by atoms with E-state index in [1.807, 2.05) is 24.4 Å². The van der Waals surface area contributed by atoms with Crippen molar-refractivity contribution in [2.24, 2.45) is 0 Å². The van der Waals surface area contributed by atoms with Gasteiger partial charge in [0.25, 0.3) is 0 Å². The first-order valence-electron chi connectivity index (χ1n) is 5.08. The third-order valence-corrected chi connectivity index (χ3v) is 3.30. The van der Waals surface area contributed by atoms with E-state index in [0.29, 0.717) is 0 Å². The van der Waals surface area contributed by atoms with Crippen LogP contribution < -0.4 is 4.74 Å². The van der Waals surface area contributed by atoms with Crippen LogP contribution in [0.15, 0.2) is 24.4 Å². The number of aromatic nitrogens is 1. The molecular weight excluding hydrogens is 252 g/mol. The van der Waals surface area contributed by atoms with Gasteiger partial charge in [0.05, 0.1) is 29.2 Å². The van der Waals surface area contributed by atoms with Crippen molar-refractivity contribution in [3.05, 3.63) is 30.0 Å². The highest BCUT2D eigenvalue weighted by atomic mass is 32.2. The van der Waals surface area contributed by atoms with Gasteiger partial charge in [0.2, 0.25) is 0 Å². The normalized spacial score (nSPS) is 12.6. The fourth-order valence-corrected chi connectivity index (χ4v) is 2.33. The van der Waals surface area contributed by atoms with Crippen LogP contribution in [0.4, 0.5) is 0 Å². The molecule has 2 rings (SSSR count). The largest absolute Gasteiger partial charge is 0.495 e. The number of aromatic amines is 1. The number of H-pyrrole nitrogens is 1. The van der Waals surface area contributed by atoms with E-state index in [9.17, 15) is 0 Å². The highest BCUT2D eigenvalue weighted by Crippen LogP contribution is 2.34. The molecule has 1 aromatic heterocycles. The summed E-state index contributed by atoms with van der Waals surface area (Å²) in [5, 5.41) is 10.1. The second kappa shape index (κ2) is 4.94. The molecule has 2 aromatic rings. The summed E-state index contributed by atoms with van der Waals surface area (Å²) in [5.74, 6) is 0.405. The Kier molecular flexibility index (Phi) is 3.55. The predicted molar refractivity (Wildman–Crippen MR) is 75.0 cm³/mol. The van der Waals surface area contributed by atoms with Crippen molar-refractivity contribution in [3.63, 3.8) is 0 Å². The molecule has 1 N–H and O–H groups in total. The van der Waals surface area contributed by atoms with Gasteiger partial charge in [0.1, 0.15) is 5.75 Å². The minimum absolute atomic E-state index is 0.315. The van der Waals surface area contributed by atoms with Crippen molar-refractivity contribution in [3.8, 4) is 11.8 Å². The van der Waals surface area contributed by atoms with Crippen LogP contribution in [-0.4, -0.2) is 16.7 Å². The second-order valence-electron chi connectivity index (χ2n) is 3.65. The highest BCUT2D eigenvalue weighted by molar-refractivity contribution is 7.99. The number of nitrogens with one attached hydrogen (secondary N) is 1. The van der Waals surface area contributed by atoms with Crippen molar-refractivity contribution < 1.29 is 4.74 Å². The Bertz CT molecular complexity index is 571. The second-order valence-corrected chi connectivity index (χ2v) is 5.17. The molecule has 1 atom stereocenters. The third kappa shape index (κ3) is 2.11. The zero-order chi connectivity index (χ0) is 12.4. The number of benzene rings is 1. The van der Waals surface area contributed by atoms with Gasteiger partial charge in [-0.15, -0.1) is 0 Å². The molecule has 5 heteroatoms. The first-order valence-corrected chi connectivity index (χ1v) is 6.12. The van der Waals surface area contributed by atoms with Gasteiger partial charge >= 0.3 is 0 Å². The van der Waals surface area contributed by atoms with Crippen LogP contribution in [0.1, 0.15) is 11.5 Å². The SMILES string of the molecule is COc1cccc2c(C(C#N)C(S)S)c[nH]c12. The van der Waals surface area contributed by atoms with Crippen LogP contribution in [0.3, 0.4) is 0 Å². The molecule has 0 saturated heterocycles. The number of fused-ring (bicyclic) bond motifs is 1. The lowest BCUT2D eigenvalue weighted by atomic mass is 10.0. The fourth-order valence-electron chi connectivity index (χ4n) is 1.87. The Morgan fingerprint density at radius 3 is 2.76 bits per heavy atom. The summed E-state index contributed by atoms with van der Waals surface area (Å²) in [6.07, 6.45) is 1.82. The highest BCUT2D eigenvalue weighted by Gasteiger charge is 2.20. The van der Waals surface area contributed by atoms with Gasteiger partial charge in [0, 0.05) is 11.6 Å². The standard InChI is InChI=1S/C12H12N2OS2/c1-15-10-4-2-3-7-9(6-14-11(7)10)8(5-13)12(16)17/h2-4,6,8,12,14,16-17H,1H3. The smallest absolute Gasteiger partial charge is 0.142 e. The third-order valence-electron chi connectivity index (χ3n) is 2.70. The number of para-hydroxylation sites is 1. The topological polar surface area (TPSA) is 48.8 Å². The molecular formula is C12H12N2OS2. The van der Waals surface area contributed by atoms with Gasteiger partial charge < -0.3 is 9.72 Å². The van der Waals surface area contributed by atoms with Crippen molar-refractivity contribution in [2.75, 3.05) is 7.11 Å². The predicted octanol–water partition coefficient (Wildman–Crippen LogP) is 2.97. The Balaban J connectivity index is 2.61. The zero-order valence-corrected chi connectivity index (χ0v) is 11.0. The molecule has 1 aromatic carbocycles. The van der Waals surface area contributed by atoms with Crippen molar-refractivity contribution in [1.82, 2.24) is 4.98 Å². The Hall–Kier alpha value is -1.25. The molecule has 0 radical (unpaired) electrons. The van der Waals surface area contributed by atoms with Crippen LogP contribution in [0.5, 0.6) is 5.75 Å². The monoisotopic (exact) mass is 264 g/mol. The van der Waals surface area contributed by atoms with Gasteiger partial charge in [-0.2, -0.15) is 30.5 Å². The van der Waals surface area contributed by atoms with Crippen LogP contribution in [0.2, 0.25) is 0 Å². The quantitative estimate of drug-likeness (QED) is 0.589. The molecule has 17 heavy (non-hydrogen) atoms. The minimum Gasteiger partial charge on any atom is -0.495 e. The van der Waals surface area contributed by atoms with Gasteiger partial charge in [-0.05, 0) is 11.6 Å². The molecule has 0 bridgehead atoms. The van der Waals surface area contributed by atoms with E-state index in [1.165, 1.54) is 0 Å². The molecule has 1 unspecified atom stereocenters. The molecule has 0 aliphatic rings. The van der Waals surface area contributed by atoms with Crippen LogP contribution >= 0.6 is 25.3 Å². The molecule has 3 nitrogen and oxygen atoms in total. The lowest BCUT2D eigenvalue weighted by molar-refractivity contribution is 0.419. The van der Waals surface area contributed by atoms with E-state index in [0.717, 1.165) is 22.2 Å². The lowest BCUT2D eigenvalue weighted by Crippen LogP contribution is -2.03. The van der Waals surface area contributed by atoms with Crippen LogP contribution in [-0.2, 0) is 0 Å². The van der Waals surface area contributed by atoms with E-state index >= 15 is 0 Å². The zero-order valence-electron chi connectivity index (χ0n) is 9.21. The molecule has 0 aliphatic heterocycles. The molecule has 0 saturated carbocycles. The maximum atomic E-state index is 9.16. The molecule has 1 heterocycles. The van der Waals surface area contributed by atoms with E-state index in [4.69, 9.17) is 10.00 Å². The maximum absolute atomic E-state index is 9.16. The van der Waals surface area contributed by atoms with Crippen LogP contribution in [0, 0.1) is 11.3 Å². The summed E-state index contributed by atoms with van der Waals surface area (Å²) in [6.45, 7) is 0. The number of ether oxygens (including phenoxy) is 1. The van der Waals surface area contributed by atoms with E-state index in [2.05, 4.69) is 36.3 Å². The number of rotatable bonds is 3. The van der Waals surface area contributed by atoms with Crippen LogP contribution in [0.25, 0.3) is 10.9 Å². The average Bonchev–Trinajstić information content (AvgIpc) is 2.73. The summed E-state index contributed by atoms with van der Waals surface area (Å²) < 4.78 is 4.95. The summed E-state index contributed by atoms with van der Waals surface area (Å²) in [5.41, 5.74) is 1.80. The number of nitriles is 1. The van der Waals surface area contributed by atoms with Gasteiger partial charge in [-0.25, -0.2) is 0 Å². The van der Waals surface area contributed by atoms with Crippen molar-refractivity contribution in [2.45, 2.75) is 10.5 Å². The Morgan fingerprint density at radius 1 is 1.41 bits per heavy atom. The Morgan fingerprint density at radius 2 is 2.18 bits per heavy atom. The van der Waals surface area contributed by atoms with Gasteiger partial charge in [-0.3, -0.25) is 0 Å². The first kappa shape index (κ1) is 12.2. The molecule has 0 aliphatic carbocycles. The average molecular weight is 264 g/mol. The molecule has 0 fully saturated rings.